The molecule has 0 aliphatic carbocycles. The van der Waals surface area contributed by atoms with Gasteiger partial charge < -0.3 is 10.2 Å². The van der Waals surface area contributed by atoms with E-state index in [0.717, 1.165) is 24.7 Å². The van der Waals surface area contributed by atoms with Gasteiger partial charge in [-0.05, 0) is 29.5 Å². The Morgan fingerprint density at radius 3 is 2.63 bits per heavy atom. The number of rotatable bonds is 4. The summed E-state index contributed by atoms with van der Waals surface area (Å²) in [5.41, 5.74) is 2.84. The zero-order valence-corrected chi connectivity index (χ0v) is 13.2. The van der Waals surface area contributed by atoms with Crippen LogP contribution in [-0.2, 0) is 6.54 Å². The molecule has 0 radical (unpaired) electrons. The second-order valence-corrected chi connectivity index (χ2v) is 7.06. The first-order chi connectivity index (χ1) is 8.87. The smallest absolute Gasteiger partial charge is 0.0642 e. The van der Waals surface area contributed by atoms with Gasteiger partial charge in [-0.15, -0.1) is 0 Å². The van der Waals surface area contributed by atoms with E-state index in [0.29, 0.717) is 11.5 Å². The average Bonchev–Trinajstić information content (AvgIpc) is 2.67. The standard InChI is InChI=1S/C16H25ClN2/c1-12(2)18-10-13-5-6-15(14(17)9-13)19-8-7-16(3,4)11-19/h5-6,9,12,18H,7-8,10-11H2,1-4H3. The van der Waals surface area contributed by atoms with Crippen molar-refractivity contribution >= 4 is 17.3 Å². The van der Waals surface area contributed by atoms with Crippen LogP contribution in [0.3, 0.4) is 0 Å². The fourth-order valence-electron chi connectivity index (χ4n) is 2.56. The van der Waals surface area contributed by atoms with Crippen molar-refractivity contribution in [2.24, 2.45) is 5.41 Å². The SMILES string of the molecule is CC(C)NCc1ccc(N2CCC(C)(C)C2)c(Cl)c1. The first kappa shape index (κ1) is 14.7. The van der Waals surface area contributed by atoms with E-state index in [2.05, 4.69) is 56.1 Å². The maximum atomic E-state index is 6.45. The summed E-state index contributed by atoms with van der Waals surface area (Å²) in [6, 6.07) is 6.94. The van der Waals surface area contributed by atoms with Gasteiger partial charge in [0.2, 0.25) is 0 Å². The normalized spacial score (nSPS) is 18.3. The molecule has 1 aliphatic heterocycles. The average molecular weight is 281 g/mol. The van der Waals surface area contributed by atoms with Crippen LogP contribution in [0.1, 0.15) is 39.7 Å². The van der Waals surface area contributed by atoms with Crippen molar-refractivity contribution in [3.63, 3.8) is 0 Å². The van der Waals surface area contributed by atoms with E-state index in [9.17, 15) is 0 Å². The first-order valence-electron chi connectivity index (χ1n) is 7.14. The second kappa shape index (κ2) is 5.72. The number of hydrogen-bond acceptors (Lipinski definition) is 2. The predicted octanol–water partition coefficient (Wildman–Crippen LogP) is 4.07. The minimum absolute atomic E-state index is 0.404. The summed E-state index contributed by atoms with van der Waals surface area (Å²) in [6.07, 6.45) is 1.24. The van der Waals surface area contributed by atoms with Crippen LogP contribution in [-0.4, -0.2) is 19.1 Å². The zero-order valence-electron chi connectivity index (χ0n) is 12.5. The third kappa shape index (κ3) is 3.87. The van der Waals surface area contributed by atoms with E-state index in [4.69, 9.17) is 11.6 Å². The number of halogens is 1. The van der Waals surface area contributed by atoms with Crippen LogP contribution in [0.15, 0.2) is 18.2 Å². The summed E-state index contributed by atoms with van der Waals surface area (Å²) < 4.78 is 0. The molecule has 0 saturated carbocycles. The summed E-state index contributed by atoms with van der Waals surface area (Å²) in [6.45, 7) is 12.0. The number of hydrogen-bond donors (Lipinski definition) is 1. The molecule has 1 aliphatic rings. The molecule has 0 atom stereocenters. The lowest BCUT2D eigenvalue weighted by atomic mass is 9.93. The van der Waals surface area contributed by atoms with Crippen molar-refractivity contribution in [2.45, 2.75) is 46.7 Å². The maximum Gasteiger partial charge on any atom is 0.0642 e. The number of nitrogens with one attached hydrogen (secondary N) is 1. The maximum absolute atomic E-state index is 6.45. The molecule has 0 spiro atoms. The summed E-state index contributed by atoms with van der Waals surface area (Å²) in [5.74, 6) is 0. The molecule has 0 unspecified atom stereocenters. The van der Waals surface area contributed by atoms with Gasteiger partial charge >= 0.3 is 0 Å². The molecule has 1 fully saturated rings. The highest BCUT2D eigenvalue weighted by atomic mass is 35.5. The summed E-state index contributed by atoms with van der Waals surface area (Å²) in [7, 11) is 0. The molecule has 2 rings (SSSR count). The Labute approximate surface area is 122 Å². The van der Waals surface area contributed by atoms with Crippen LogP contribution in [0.5, 0.6) is 0 Å². The van der Waals surface area contributed by atoms with Crippen molar-refractivity contribution in [1.29, 1.82) is 0 Å². The number of benzene rings is 1. The summed E-state index contributed by atoms with van der Waals surface area (Å²) in [4.78, 5) is 2.40. The third-order valence-corrected chi connectivity index (χ3v) is 4.05. The van der Waals surface area contributed by atoms with Crippen LogP contribution in [0.25, 0.3) is 0 Å². The van der Waals surface area contributed by atoms with E-state index >= 15 is 0 Å². The van der Waals surface area contributed by atoms with E-state index in [-0.39, 0.29) is 0 Å². The van der Waals surface area contributed by atoms with Gasteiger partial charge in [0.1, 0.15) is 0 Å². The van der Waals surface area contributed by atoms with Gasteiger partial charge in [-0.3, -0.25) is 0 Å². The van der Waals surface area contributed by atoms with E-state index in [1.807, 2.05) is 0 Å². The van der Waals surface area contributed by atoms with Gasteiger partial charge in [-0.2, -0.15) is 0 Å². The molecule has 1 aromatic rings. The van der Waals surface area contributed by atoms with Crippen LogP contribution in [0, 0.1) is 5.41 Å². The first-order valence-corrected chi connectivity index (χ1v) is 7.52. The molecule has 0 amide bonds. The highest BCUT2D eigenvalue weighted by molar-refractivity contribution is 6.33. The lowest BCUT2D eigenvalue weighted by molar-refractivity contribution is 0.418. The lowest BCUT2D eigenvalue weighted by Gasteiger charge is -2.23. The molecule has 2 nitrogen and oxygen atoms in total. The Hall–Kier alpha value is -0.730. The third-order valence-electron chi connectivity index (χ3n) is 3.74. The Bertz CT molecular complexity index is 440. The predicted molar refractivity (Wildman–Crippen MR) is 84.0 cm³/mol. The summed E-state index contributed by atoms with van der Waals surface area (Å²) >= 11 is 6.45. The molecule has 0 bridgehead atoms. The Kier molecular flexibility index (Phi) is 4.42. The molecule has 0 aromatic heterocycles. The van der Waals surface area contributed by atoms with Crippen molar-refractivity contribution < 1.29 is 0 Å². The molecule has 1 saturated heterocycles. The lowest BCUT2D eigenvalue weighted by Crippen LogP contribution is -2.23. The largest absolute Gasteiger partial charge is 0.370 e. The molecule has 1 heterocycles. The minimum Gasteiger partial charge on any atom is -0.370 e. The molecule has 106 valence electrons. The fraction of sp³-hybridized carbons (Fsp3) is 0.625. The van der Waals surface area contributed by atoms with Crippen molar-refractivity contribution in [3.05, 3.63) is 28.8 Å². The van der Waals surface area contributed by atoms with Gasteiger partial charge in [0.15, 0.2) is 0 Å². The molecule has 3 heteroatoms. The Morgan fingerprint density at radius 1 is 1.37 bits per heavy atom. The molecular weight excluding hydrogens is 256 g/mol. The highest BCUT2D eigenvalue weighted by Crippen LogP contribution is 2.36. The number of anilines is 1. The fourth-order valence-corrected chi connectivity index (χ4v) is 2.88. The zero-order chi connectivity index (χ0) is 14.0. The summed E-state index contributed by atoms with van der Waals surface area (Å²) in [5, 5.41) is 4.29. The second-order valence-electron chi connectivity index (χ2n) is 6.66. The van der Waals surface area contributed by atoms with E-state index in [1.165, 1.54) is 17.7 Å². The molecule has 19 heavy (non-hydrogen) atoms. The molecule has 1 N–H and O–H groups in total. The van der Waals surface area contributed by atoms with Gasteiger partial charge in [-0.25, -0.2) is 0 Å². The van der Waals surface area contributed by atoms with Crippen molar-refractivity contribution in [3.8, 4) is 0 Å². The van der Waals surface area contributed by atoms with Crippen molar-refractivity contribution in [2.75, 3.05) is 18.0 Å². The van der Waals surface area contributed by atoms with Crippen LogP contribution >= 0.6 is 11.6 Å². The van der Waals surface area contributed by atoms with Crippen LogP contribution in [0.2, 0.25) is 5.02 Å². The van der Waals surface area contributed by atoms with Gasteiger partial charge in [0.05, 0.1) is 10.7 Å². The Balaban J connectivity index is 2.07. The van der Waals surface area contributed by atoms with Crippen molar-refractivity contribution in [1.82, 2.24) is 5.32 Å². The van der Waals surface area contributed by atoms with Gasteiger partial charge in [0.25, 0.3) is 0 Å². The van der Waals surface area contributed by atoms with E-state index in [1.54, 1.807) is 0 Å². The monoisotopic (exact) mass is 280 g/mol. The van der Waals surface area contributed by atoms with Gasteiger partial charge in [-0.1, -0.05) is 45.4 Å². The van der Waals surface area contributed by atoms with Crippen LogP contribution in [0.4, 0.5) is 5.69 Å². The topological polar surface area (TPSA) is 15.3 Å². The quantitative estimate of drug-likeness (QED) is 0.894. The number of nitrogens with zero attached hydrogens (tertiary/aromatic N) is 1. The van der Waals surface area contributed by atoms with Gasteiger partial charge in [0, 0.05) is 25.7 Å². The highest BCUT2D eigenvalue weighted by Gasteiger charge is 2.30. The Morgan fingerprint density at radius 2 is 2.11 bits per heavy atom. The molecular formula is C16H25ClN2. The molecule has 1 aromatic carbocycles. The van der Waals surface area contributed by atoms with E-state index < -0.39 is 0 Å². The van der Waals surface area contributed by atoms with Crippen LogP contribution < -0.4 is 10.2 Å². The minimum atomic E-state index is 0.404.